The topological polar surface area (TPSA) is 55.5 Å². The molecule has 70 valence electrons. The number of fused-ring (bicyclic) bond motifs is 1. The Bertz CT molecular complexity index is 286. The number of oxazole rings is 1. The van der Waals surface area contributed by atoms with Gasteiger partial charge in [0.2, 0.25) is 0 Å². The number of rotatable bonds is 2. The summed E-state index contributed by atoms with van der Waals surface area (Å²) < 4.78 is 10.8. The van der Waals surface area contributed by atoms with E-state index >= 15 is 0 Å². The van der Waals surface area contributed by atoms with Crippen LogP contribution in [0.4, 0.5) is 0 Å². The molecule has 1 N–H and O–H groups in total. The molecule has 0 unspecified atom stereocenters. The molecule has 0 bridgehead atoms. The van der Waals surface area contributed by atoms with E-state index in [1.54, 1.807) is 6.20 Å². The van der Waals surface area contributed by atoms with Gasteiger partial charge in [-0.2, -0.15) is 0 Å². The van der Waals surface area contributed by atoms with Crippen LogP contribution in [0.3, 0.4) is 0 Å². The van der Waals surface area contributed by atoms with Crippen molar-refractivity contribution in [2.45, 2.75) is 18.6 Å². The third kappa shape index (κ3) is 1.02. The highest BCUT2D eigenvalue weighted by atomic mass is 16.5. The summed E-state index contributed by atoms with van der Waals surface area (Å²) in [6, 6.07) is 0. The molecular formula is C9H11NO3. The Morgan fingerprint density at radius 1 is 1.62 bits per heavy atom. The molecule has 1 aliphatic heterocycles. The number of aliphatic hydroxyl groups excluding tert-OH is 1. The molecule has 4 nitrogen and oxygen atoms in total. The highest BCUT2D eigenvalue weighted by Crippen LogP contribution is 2.55. The second-order valence-electron chi connectivity index (χ2n) is 3.74. The maximum absolute atomic E-state index is 8.91. The second kappa shape index (κ2) is 2.56. The van der Waals surface area contributed by atoms with Crippen LogP contribution in [0.5, 0.6) is 0 Å². The van der Waals surface area contributed by atoms with Gasteiger partial charge in [-0.3, -0.25) is 0 Å². The molecule has 1 saturated carbocycles. The summed E-state index contributed by atoms with van der Waals surface area (Å²) in [5, 5.41) is 8.91. The van der Waals surface area contributed by atoms with Crippen LogP contribution in [0.2, 0.25) is 0 Å². The van der Waals surface area contributed by atoms with Gasteiger partial charge in [0, 0.05) is 12.5 Å². The summed E-state index contributed by atoms with van der Waals surface area (Å²) in [4.78, 5) is 3.85. The van der Waals surface area contributed by atoms with Crippen LogP contribution in [0.15, 0.2) is 17.0 Å². The lowest BCUT2D eigenvalue weighted by Crippen LogP contribution is -2.05. The van der Waals surface area contributed by atoms with E-state index in [0.717, 1.165) is 12.2 Å². The summed E-state index contributed by atoms with van der Waals surface area (Å²) in [6.45, 7) is 0.248. The molecule has 0 spiro atoms. The second-order valence-corrected chi connectivity index (χ2v) is 3.74. The van der Waals surface area contributed by atoms with Crippen molar-refractivity contribution < 1.29 is 14.3 Å². The zero-order valence-electron chi connectivity index (χ0n) is 7.09. The summed E-state index contributed by atoms with van der Waals surface area (Å²) in [7, 11) is 0. The van der Waals surface area contributed by atoms with Crippen LogP contribution < -0.4 is 0 Å². The molecule has 1 aromatic rings. The maximum Gasteiger partial charge on any atom is 0.180 e. The smallest absolute Gasteiger partial charge is 0.180 e. The standard InChI is InChI=1S/C9H11NO3/c11-3-6-5-1-7(13-9(5)6)8-2-10-4-12-8/h2,4-7,9,11H,1,3H2/t5-,6-,7+,9-/m0/s1. The van der Waals surface area contributed by atoms with E-state index in [4.69, 9.17) is 14.3 Å². The van der Waals surface area contributed by atoms with Crippen LogP contribution in [-0.2, 0) is 4.74 Å². The van der Waals surface area contributed by atoms with Crippen molar-refractivity contribution in [1.82, 2.24) is 4.98 Å². The molecular weight excluding hydrogens is 170 g/mol. The summed E-state index contributed by atoms with van der Waals surface area (Å²) >= 11 is 0. The van der Waals surface area contributed by atoms with Gasteiger partial charge < -0.3 is 14.3 Å². The number of aromatic nitrogens is 1. The lowest BCUT2D eigenvalue weighted by Gasteiger charge is -2.10. The number of ether oxygens (including phenoxy) is 1. The summed E-state index contributed by atoms with van der Waals surface area (Å²) in [6.07, 6.45) is 4.42. The van der Waals surface area contributed by atoms with Crippen LogP contribution in [0.1, 0.15) is 18.3 Å². The number of hydrogen-bond acceptors (Lipinski definition) is 4. The maximum atomic E-state index is 8.91. The van der Waals surface area contributed by atoms with E-state index in [2.05, 4.69) is 4.98 Å². The Hall–Kier alpha value is -0.870. The van der Waals surface area contributed by atoms with E-state index in [9.17, 15) is 0 Å². The van der Waals surface area contributed by atoms with Gasteiger partial charge in [-0.1, -0.05) is 0 Å². The number of hydrogen-bond donors (Lipinski definition) is 1. The first-order valence-corrected chi connectivity index (χ1v) is 4.55. The molecule has 4 atom stereocenters. The average Bonchev–Trinajstić information content (AvgIpc) is 2.68. The van der Waals surface area contributed by atoms with E-state index < -0.39 is 0 Å². The first-order chi connectivity index (χ1) is 6.40. The van der Waals surface area contributed by atoms with Crippen molar-refractivity contribution in [1.29, 1.82) is 0 Å². The van der Waals surface area contributed by atoms with E-state index in [-0.39, 0.29) is 18.8 Å². The van der Waals surface area contributed by atoms with Crippen LogP contribution in [-0.4, -0.2) is 22.8 Å². The highest BCUT2D eigenvalue weighted by molar-refractivity contribution is 5.09. The molecule has 3 rings (SSSR count). The highest BCUT2D eigenvalue weighted by Gasteiger charge is 2.58. The molecule has 4 heteroatoms. The normalized spacial score (nSPS) is 41.9. The van der Waals surface area contributed by atoms with E-state index in [0.29, 0.717) is 11.8 Å². The fourth-order valence-electron chi connectivity index (χ4n) is 2.22. The quantitative estimate of drug-likeness (QED) is 0.731. The fourth-order valence-corrected chi connectivity index (χ4v) is 2.22. The van der Waals surface area contributed by atoms with Crippen LogP contribution >= 0.6 is 0 Å². The van der Waals surface area contributed by atoms with E-state index in [1.165, 1.54) is 6.39 Å². The summed E-state index contributed by atoms with van der Waals surface area (Å²) in [5.41, 5.74) is 0. The zero-order chi connectivity index (χ0) is 8.84. The lowest BCUT2D eigenvalue weighted by atomic mass is 10.1. The number of aliphatic hydroxyl groups is 1. The van der Waals surface area contributed by atoms with Crippen molar-refractivity contribution in [2.75, 3.05) is 6.61 Å². The molecule has 2 heterocycles. The third-order valence-corrected chi connectivity index (χ3v) is 3.04. The van der Waals surface area contributed by atoms with Crippen molar-refractivity contribution >= 4 is 0 Å². The Labute approximate surface area is 75.5 Å². The van der Waals surface area contributed by atoms with Crippen molar-refractivity contribution in [3.05, 3.63) is 18.4 Å². The van der Waals surface area contributed by atoms with Crippen molar-refractivity contribution in [3.63, 3.8) is 0 Å². The van der Waals surface area contributed by atoms with Gasteiger partial charge in [0.15, 0.2) is 12.2 Å². The minimum atomic E-state index is 0.0697. The first kappa shape index (κ1) is 7.53. The SMILES string of the molecule is OC[C@H]1[C@@H]2C[C@H](c3cnco3)O[C@H]12. The minimum absolute atomic E-state index is 0.0697. The average molecular weight is 181 g/mol. The fraction of sp³-hybridized carbons (Fsp3) is 0.667. The van der Waals surface area contributed by atoms with Gasteiger partial charge >= 0.3 is 0 Å². The predicted octanol–water partition coefficient (Wildman–Crippen LogP) is 0.743. The molecule has 1 saturated heterocycles. The molecule has 13 heavy (non-hydrogen) atoms. The van der Waals surface area contributed by atoms with E-state index in [1.807, 2.05) is 0 Å². The zero-order valence-corrected chi connectivity index (χ0v) is 7.09. The molecule has 0 amide bonds. The van der Waals surface area contributed by atoms with Crippen molar-refractivity contribution in [2.24, 2.45) is 11.8 Å². The Kier molecular flexibility index (Phi) is 1.48. The largest absolute Gasteiger partial charge is 0.446 e. The van der Waals surface area contributed by atoms with Gasteiger partial charge in [-0.15, -0.1) is 0 Å². The summed E-state index contributed by atoms with van der Waals surface area (Å²) in [5.74, 6) is 1.73. The van der Waals surface area contributed by atoms with Crippen LogP contribution in [0.25, 0.3) is 0 Å². The lowest BCUT2D eigenvalue weighted by molar-refractivity contribution is 0.0359. The Morgan fingerprint density at radius 2 is 2.54 bits per heavy atom. The Morgan fingerprint density at radius 3 is 3.08 bits per heavy atom. The van der Waals surface area contributed by atoms with Crippen molar-refractivity contribution in [3.8, 4) is 0 Å². The molecule has 2 aliphatic rings. The van der Waals surface area contributed by atoms with Gasteiger partial charge in [0.1, 0.15) is 6.10 Å². The molecule has 1 aromatic heterocycles. The van der Waals surface area contributed by atoms with Gasteiger partial charge in [-0.25, -0.2) is 4.98 Å². The van der Waals surface area contributed by atoms with Crippen LogP contribution in [0, 0.1) is 11.8 Å². The number of nitrogens with zero attached hydrogens (tertiary/aromatic N) is 1. The molecule has 0 aromatic carbocycles. The Balaban J connectivity index is 1.68. The minimum Gasteiger partial charge on any atom is -0.446 e. The molecule has 2 fully saturated rings. The van der Waals surface area contributed by atoms with Gasteiger partial charge in [-0.05, 0) is 12.3 Å². The third-order valence-electron chi connectivity index (χ3n) is 3.04. The monoisotopic (exact) mass is 181 g/mol. The molecule has 1 aliphatic carbocycles. The van der Waals surface area contributed by atoms with Gasteiger partial charge in [0.05, 0.1) is 12.3 Å². The van der Waals surface area contributed by atoms with Gasteiger partial charge in [0.25, 0.3) is 0 Å². The predicted molar refractivity (Wildman–Crippen MR) is 42.8 cm³/mol. The molecule has 0 radical (unpaired) electrons. The first-order valence-electron chi connectivity index (χ1n) is 4.55.